The number of hydrogen-bond donors (Lipinski definition) is 2. The van der Waals surface area contributed by atoms with Crippen molar-refractivity contribution in [1.82, 2.24) is 24.4 Å². The van der Waals surface area contributed by atoms with E-state index in [0.717, 1.165) is 0 Å². The molecule has 0 spiro atoms. The van der Waals surface area contributed by atoms with Crippen LogP contribution in [0.3, 0.4) is 0 Å². The Bertz CT molecular complexity index is 713. The molecule has 9 nitrogen and oxygen atoms in total. The zero-order valence-electron chi connectivity index (χ0n) is 10.9. The first-order chi connectivity index (χ1) is 9.58. The van der Waals surface area contributed by atoms with Crippen molar-refractivity contribution >= 4 is 23.1 Å². The third-order valence-corrected chi connectivity index (χ3v) is 3.51. The predicted octanol–water partition coefficient (Wildman–Crippen LogP) is -0.543. The predicted molar refractivity (Wildman–Crippen MR) is 70.9 cm³/mol. The number of carbonyl (C=O) groups is 1. The lowest BCUT2D eigenvalue weighted by Gasteiger charge is -2.33. The van der Waals surface area contributed by atoms with Gasteiger partial charge in [-0.1, -0.05) is 0 Å². The number of H-pyrrole nitrogens is 1. The average Bonchev–Trinajstić information content (AvgIpc) is 2.74. The van der Waals surface area contributed by atoms with Gasteiger partial charge in [0, 0.05) is 33.2 Å². The van der Waals surface area contributed by atoms with Gasteiger partial charge in [-0.15, -0.1) is 0 Å². The van der Waals surface area contributed by atoms with E-state index >= 15 is 0 Å². The Morgan fingerprint density at radius 1 is 1.30 bits per heavy atom. The van der Waals surface area contributed by atoms with Gasteiger partial charge in [-0.2, -0.15) is 0 Å². The third kappa shape index (κ3) is 1.87. The summed E-state index contributed by atoms with van der Waals surface area (Å²) in [5, 5.41) is 8.94. The molecule has 9 heteroatoms. The Labute approximate surface area is 113 Å². The van der Waals surface area contributed by atoms with Crippen molar-refractivity contribution in [2.24, 2.45) is 7.05 Å². The molecule has 1 fully saturated rings. The van der Waals surface area contributed by atoms with Crippen LogP contribution >= 0.6 is 0 Å². The van der Waals surface area contributed by atoms with Gasteiger partial charge < -0.3 is 19.9 Å². The number of nitrogens with zero attached hydrogens (tertiary/aromatic N) is 5. The van der Waals surface area contributed by atoms with Crippen LogP contribution in [0.5, 0.6) is 0 Å². The smallest absolute Gasteiger partial charge is 0.407 e. The number of imidazole rings is 1. The number of aromatic amines is 1. The van der Waals surface area contributed by atoms with Gasteiger partial charge in [0.15, 0.2) is 11.5 Å². The summed E-state index contributed by atoms with van der Waals surface area (Å²) in [7, 11) is 1.64. The average molecular weight is 278 g/mol. The summed E-state index contributed by atoms with van der Waals surface area (Å²) in [4.78, 5) is 36.9. The van der Waals surface area contributed by atoms with E-state index in [2.05, 4.69) is 15.0 Å². The third-order valence-electron chi connectivity index (χ3n) is 3.51. The van der Waals surface area contributed by atoms with Crippen LogP contribution in [-0.2, 0) is 7.05 Å². The number of hydrogen-bond acceptors (Lipinski definition) is 5. The lowest BCUT2D eigenvalue weighted by molar-refractivity contribution is 0.142. The Balaban J connectivity index is 1.94. The molecule has 0 unspecified atom stereocenters. The molecule has 1 saturated heterocycles. The Kier molecular flexibility index (Phi) is 2.81. The molecule has 1 aliphatic rings. The van der Waals surface area contributed by atoms with Crippen LogP contribution in [0.15, 0.2) is 11.1 Å². The molecule has 0 aliphatic carbocycles. The maximum Gasteiger partial charge on any atom is 0.407 e. The Morgan fingerprint density at radius 3 is 2.65 bits per heavy atom. The molecule has 0 atom stereocenters. The zero-order valence-corrected chi connectivity index (χ0v) is 10.9. The van der Waals surface area contributed by atoms with E-state index in [1.807, 2.05) is 4.90 Å². The number of anilines is 1. The highest BCUT2D eigenvalue weighted by Crippen LogP contribution is 2.20. The summed E-state index contributed by atoms with van der Waals surface area (Å²) < 4.78 is 1.42. The highest BCUT2D eigenvalue weighted by molar-refractivity contribution is 5.83. The van der Waals surface area contributed by atoms with Crippen LogP contribution in [0.2, 0.25) is 0 Å². The van der Waals surface area contributed by atoms with Gasteiger partial charge in [0.05, 0.1) is 0 Å². The van der Waals surface area contributed by atoms with E-state index < -0.39 is 6.09 Å². The Hall–Kier alpha value is -2.58. The zero-order chi connectivity index (χ0) is 14.3. The van der Waals surface area contributed by atoms with E-state index in [0.29, 0.717) is 43.2 Å². The topological polar surface area (TPSA) is 107 Å². The van der Waals surface area contributed by atoms with Crippen LogP contribution < -0.4 is 10.6 Å². The van der Waals surface area contributed by atoms with Crippen molar-refractivity contribution in [1.29, 1.82) is 0 Å². The van der Waals surface area contributed by atoms with E-state index in [9.17, 15) is 9.59 Å². The number of rotatable bonds is 1. The molecular weight excluding hydrogens is 264 g/mol. The second-order valence-electron chi connectivity index (χ2n) is 4.64. The van der Waals surface area contributed by atoms with Crippen molar-refractivity contribution in [2.75, 3.05) is 31.1 Å². The van der Waals surface area contributed by atoms with Crippen LogP contribution in [0.4, 0.5) is 10.6 Å². The summed E-state index contributed by atoms with van der Waals surface area (Å²) >= 11 is 0. The van der Waals surface area contributed by atoms with Gasteiger partial charge in [0.25, 0.3) is 0 Å². The number of amides is 1. The fourth-order valence-electron chi connectivity index (χ4n) is 2.37. The molecule has 2 aromatic rings. The minimum atomic E-state index is -0.911. The number of fused-ring (bicyclic) bond motifs is 1. The minimum Gasteiger partial charge on any atom is -0.465 e. The summed E-state index contributed by atoms with van der Waals surface area (Å²) in [6.45, 7) is 1.90. The summed E-state index contributed by atoms with van der Waals surface area (Å²) in [5.74, 6) is 0.637. The van der Waals surface area contributed by atoms with E-state index in [-0.39, 0.29) is 5.69 Å². The quantitative estimate of drug-likeness (QED) is 0.725. The lowest BCUT2D eigenvalue weighted by Crippen LogP contribution is -2.48. The molecule has 20 heavy (non-hydrogen) atoms. The first kappa shape index (κ1) is 12.5. The van der Waals surface area contributed by atoms with Crippen LogP contribution in [0.25, 0.3) is 11.2 Å². The molecule has 3 rings (SSSR count). The standard InChI is InChI=1S/C11H14N6O3/c1-15-8-7(14-10(15)18)9(13-6-12-8)16-2-4-17(5-3-16)11(19)20/h6H,2-5H2,1H3,(H,14,18)(H,19,20). The van der Waals surface area contributed by atoms with Crippen LogP contribution in [0, 0.1) is 0 Å². The summed E-state index contributed by atoms with van der Waals surface area (Å²) in [5.41, 5.74) is 0.885. The van der Waals surface area contributed by atoms with Crippen molar-refractivity contribution in [3.8, 4) is 0 Å². The van der Waals surface area contributed by atoms with Gasteiger partial charge in [-0.05, 0) is 0 Å². The van der Waals surface area contributed by atoms with Gasteiger partial charge in [0.2, 0.25) is 0 Å². The first-order valence-corrected chi connectivity index (χ1v) is 6.20. The van der Waals surface area contributed by atoms with E-state index in [1.165, 1.54) is 15.8 Å². The molecule has 0 radical (unpaired) electrons. The van der Waals surface area contributed by atoms with E-state index in [1.54, 1.807) is 7.05 Å². The molecule has 0 saturated carbocycles. The van der Waals surface area contributed by atoms with Crippen LogP contribution in [0.1, 0.15) is 0 Å². The maximum atomic E-state index is 11.6. The summed E-state index contributed by atoms with van der Waals surface area (Å²) in [6.07, 6.45) is 0.500. The van der Waals surface area contributed by atoms with Gasteiger partial charge >= 0.3 is 11.8 Å². The summed E-state index contributed by atoms with van der Waals surface area (Å²) in [6, 6.07) is 0. The molecule has 1 aliphatic heterocycles. The Morgan fingerprint density at radius 2 is 2.00 bits per heavy atom. The highest BCUT2D eigenvalue weighted by atomic mass is 16.4. The first-order valence-electron chi connectivity index (χ1n) is 6.20. The molecule has 0 aromatic carbocycles. The molecule has 0 bridgehead atoms. The fourth-order valence-corrected chi connectivity index (χ4v) is 2.37. The largest absolute Gasteiger partial charge is 0.465 e. The van der Waals surface area contributed by atoms with Crippen LogP contribution in [-0.4, -0.2) is 61.8 Å². The molecular formula is C11H14N6O3. The fraction of sp³-hybridized carbons (Fsp3) is 0.455. The maximum absolute atomic E-state index is 11.6. The second-order valence-corrected chi connectivity index (χ2v) is 4.64. The van der Waals surface area contributed by atoms with Crippen molar-refractivity contribution in [3.63, 3.8) is 0 Å². The molecule has 1 amide bonds. The monoisotopic (exact) mass is 278 g/mol. The normalized spacial score (nSPS) is 15.8. The lowest BCUT2D eigenvalue weighted by atomic mass is 10.3. The van der Waals surface area contributed by atoms with Gasteiger partial charge in [-0.25, -0.2) is 19.6 Å². The number of piperazine rings is 1. The minimum absolute atomic E-state index is 0.245. The van der Waals surface area contributed by atoms with Crippen molar-refractivity contribution in [3.05, 3.63) is 16.8 Å². The number of carboxylic acid groups (broad SMARTS) is 1. The van der Waals surface area contributed by atoms with E-state index in [4.69, 9.17) is 5.11 Å². The number of nitrogens with one attached hydrogen (secondary N) is 1. The SMILES string of the molecule is Cn1c(=O)[nH]c2c(N3CCN(C(=O)O)CC3)ncnc21. The van der Waals surface area contributed by atoms with Crippen molar-refractivity contribution < 1.29 is 9.90 Å². The van der Waals surface area contributed by atoms with Crippen molar-refractivity contribution in [2.45, 2.75) is 0 Å². The highest BCUT2D eigenvalue weighted by Gasteiger charge is 2.23. The molecule has 3 heterocycles. The number of aryl methyl sites for hydroxylation is 1. The number of aromatic nitrogens is 4. The van der Waals surface area contributed by atoms with Gasteiger partial charge in [0.1, 0.15) is 11.8 Å². The molecule has 106 valence electrons. The molecule has 2 aromatic heterocycles. The van der Waals surface area contributed by atoms with Gasteiger partial charge in [-0.3, -0.25) is 4.57 Å². The second kappa shape index (κ2) is 4.51. The molecule has 2 N–H and O–H groups in total.